The lowest BCUT2D eigenvalue weighted by molar-refractivity contribution is -0.121. The molecular formula is C12H14N2OS2. The van der Waals surface area contributed by atoms with Crippen LogP contribution in [0.25, 0.3) is 0 Å². The number of aromatic nitrogens is 1. The molecule has 0 radical (unpaired) electrons. The topological polar surface area (TPSA) is 42.0 Å². The summed E-state index contributed by atoms with van der Waals surface area (Å²) in [6.07, 6.45) is 1.37. The fourth-order valence-electron chi connectivity index (χ4n) is 1.44. The van der Waals surface area contributed by atoms with Gasteiger partial charge in [-0.2, -0.15) is 0 Å². The summed E-state index contributed by atoms with van der Waals surface area (Å²) >= 11 is 3.28. The summed E-state index contributed by atoms with van der Waals surface area (Å²) in [5, 5.41) is 7.88. The van der Waals surface area contributed by atoms with Gasteiger partial charge in [-0.05, 0) is 24.8 Å². The van der Waals surface area contributed by atoms with Crippen molar-refractivity contribution in [3.8, 4) is 0 Å². The summed E-state index contributed by atoms with van der Waals surface area (Å²) in [7, 11) is 0. The standard InChI is InChI=1S/C12H14N2OS2/c1-9-8-17-12(14-9)7-13-11(15)5-4-10-3-2-6-16-10/h2-3,6,8H,4-5,7H2,1H3,(H,13,15). The Morgan fingerprint density at radius 2 is 2.35 bits per heavy atom. The minimum Gasteiger partial charge on any atom is -0.350 e. The minimum atomic E-state index is 0.0891. The molecule has 0 saturated heterocycles. The van der Waals surface area contributed by atoms with Crippen LogP contribution in [0.2, 0.25) is 0 Å². The lowest BCUT2D eigenvalue weighted by Crippen LogP contribution is -2.22. The Labute approximate surface area is 109 Å². The van der Waals surface area contributed by atoms with Gasteiger partial charge in [-0.1, -0.05) is 6.07 Å². The smallest absolute Gasteiger partial charge is 0.220 e. The summed E-state index contributed by atoms with van der Waals surface area (Å²) < 4.78 is 0. The highest BCUT2D eigenvalue weighted by molar-refractivity contribution is 7.10. The molecule has 17 heavy (non-hydrogen) atoms. The number of thiazole rings is 1. The average molecular weight is 266 g/mol. The highest BCUT2D eigenvalue weighted by Gasteiger charge is 2.04. The molecule has 1 N–H and O–H groups in total. The van der Waals surface area contributed by atoms with Crippen molar-refractivity contribution in [1.82, 2.24) is 10.3 Å². The Bertz CT molecular complexity index is 476. The van der Waals surface area contributed by atoms with E-state index in [0.29, 0.717) is 13.0 Å². The predicted octanol–water partition coefficient (Wildman–Crippen LogP) is 2.76. The van der Waals surface area contributed by atoms with Crippen molar-refractivity contribution in [2.24, 2.45) is 0 Å². The van der Waals surface area contributed by atoms with E-state index >= 15 is 0 Å². The van der Waals surface area contributed by atoms with Crippen molar-refractivity contribution in [2.45, 2.75) is 26.3 Å². The van der Waals surface area contributed by atoms with Crippen molar-refractivity contribution in [2.75, 3.05) is 0 Å². The molecule has 0 unspecified atom stereocenters. The molecule has 90 valence electrons. The van der Waals surface area contributed by atoms with Gasteiger partial charge < -0.3 is 5.32 Å². The zero-order valence-corrected chi connectivity index (χ0v) is 11.2. The van der Waals surface area contributed by atoms with Crippen LogP contribution >= 0.6 is 22.7 Å². The van der Waals surface area contributed by atoms with E-state index in [0.717, 1.165) is 17.1 Å². The predicted molar refractivity (Wildman–Crippen MR) is 71.3 cm³/mol. The normalized spacial score (nSPS) is 10.4. The molecule has 2 aromatic rings. The van der Waals surface area contributed by atoms with E-state index < -0.39 is 0 Å². The van der Waals surface area contributed by atoms with E-state index in [4.69, 9.17) is 0 Å². The van der Waals surface area contributed by atoms with Crippen molar-refractivity contribution in [3.63, 3.8) is 0 Å². The van der Waals surface area contributed by atoms with Crippen LogP contribution in [-0.4, -0.2) is 10.9 Å². The second kappa shape index (κ2) is 5.93. The van der Waals surface area contributed by atoms with Crippen LogP contribution in [0.15, 0.2) is 22.9 Å². The first kappa shape index (κ1) is 12.3. The number of aryl methyl sites for hydroxylation is 2. The summed E-state index contributed by atoms with van der Waals surface area (Å²) in [5.41, 5.74) is 1.01. The Morgan fingerprint density at radius 1 is 1.47 bits per heavy atom. The zero-order chi connectivity index (χ0) is 12.1. The third kappa shape index (κ3) is 3.94. The van der Waals surface area contributed by atoms with Crippen molar-refractivity contribution in [1.29, 1.82) is 0 Å². The van der Waals surface area contributed by atoms with Gasteiger partial charge in [0.1, 0.15) is 5.01 Å². The molecule has 0 atom stereocenters. The second-order valence-electron chi connectivity index (χ2n) is 3.74. The van der Waals surface area contributed by atoms with Gasteiger partial charge in [-0.3, -0.25) is 4.79 Å². The van der Waals surface area contributed by atoms with E-state index in [1.54, 1.807) is 22.7 Å². The Morgan fingerprint density at radius 3 is 3.00 bits per heavy atom. The Balaban J connectivity index is 1.71. The summed E-state index contributed by atoms with van der Waals surface area (Å²) in [5.74, 6) is 0.0891. The maximum Gasteiger partial charge on any atom is 0.220 e. The van der Waals surface area contributed by atoms with E-state index in [1.165, 1.54) is 4.88 Å². The monoisotopic (exact) mass is 266 g/mol. The van der Waals surface area contributed by atoms with Gasteiger partial charge >= 0.3 is 0 Å². The maximum atomic E-state index is 11.6. The van der Waals surface area contributed by atoms with Gasteiger partial charge in [0.15, 0.2) is 0 Å². The first-order chi connectivity index (χ1) is 8.24. The first-order valence-corrected chi connectivity index (χ1v) is 7.20. The number of nitrogens with one attached hydrogen (secondary N) is 1. The fourth-order valence-corrected chi connectivity index (χ4v) is 2.86. The lowest BCUT2D eigenvalue weighted by Gasteiger charge is -2.01. The van der Waals surface area contributed by atoms with E-state index in [-0.39, 0.29) is 5.91 Å². The number of hydrogen-bond donors (Lipinski definition) is 1. The number of carbonyl (C=O) groups is 1. The van der Waals surface area contributed by atoms with Gasteiger partial charge in [-0.25, -0.2) is 4.98 Å². The van der Waals surface area contributed by atoms with Gasteiger partial charge in [0.2, 0.25) is 5.91 Å². The van der Waals surface area contributed by atoms with Crippen LogP contribution in [0, 0.1) is 6.92 Å². The Hall–Kier alpha value is -1.20. The molecule has 2 aromatic heterocycles. The number of carbonyl (C=O) groups excluding carboxylic acids is 1. The largest absolute Gasteiger partial charge is 0.350 e. The van der Waals surface area contributed by atoms with Gasteiger partial charge in [0, 0.05) is 22.4 Å². The lowest BCUT2D eigenvalue weighted by atomic mass is 10.2. The summed E-state index contributed by atoms with van der Waals surface area (Å²) in [6.45, 7) is 2.50. The van der Waals surface area contributed by atoms with Crippen molar-refractivity contribution >= 4 is 28.6 Å². The minimum absolute atomic E-state index is 0.0891. The number of hydrogen-bond acceptors (Lipinski definition) is 4. The van der Waals surface area contributed by atoms with Gasteiger partial charge in [0.25, 0.3) is 0 Å². The van der Waals surface area contributed by atoms with Crippen LogP contribution < -0.4 is 5.32 Å². The highest BCUT2D eigenvalue weighted by atomic mass is 32.1. The molecule has 0 spiro atoms. The molecule has 1 amide bonds. The molecule has 3 nitrogen and oxygen atoms in total. The van der Waals surface area contributed by atoms with Gasteiger partial charge in [-0.15, -0.1) is 22.7 Å². The Kier molecular flexibility index (Phi) is 4.28. The zero-order valence-electron chi connectivity index (χ0n) is 9.60. The number of nitrogens with zero attached hydrogens (tertiary/aromatic N) is 1. The third-order valence-corrected chi connectivity index (χ3v) is 4.18. The average Bonchev–Trinajstić information content (AvgIpc) is 2.95. The first-order valence-electron chi connectivity index (χ1n) is 5.44. The molecule has 0 aliphatic rings. The van der Waals surface area contributed by atoms with Crippen LogP contribution in [-0.2, 0) is 17.8 Å². The molecule has 0 bridgehead atoms. The number of rotatable bonds is 5. The summed E-state index contributed by atoms with van der Waals surface area (Å²) in [4.78, 5) is 17.1. The quantitative estimate of drug-likeness (QED) is 0.904. The van der Waals surface area contributed by atoms with Crippen molar-refractivity contribution < 1.29 is 4.79 Å². The molecule has 0 saturated carbocycles. The van der Waals surface area contributed by atoms with Crippen molar-refractivity contribution in [3.05, 3.63) is 38.5 Å². The van der Waals surface area contributed by atoms with E-state index in [1.807, 2.05) is 23.8 Å². The van der Waals surface area contributed by atoms with Gasteiger partial charge in [0.05, 0.1) is 6.54 Å². The van der Waals surface area contributed by atoms with E-state index in [9.17, 15) is 4.79 Å². The number of thiophene rings is 1. The highest BCUT2D eigenvalue weighted by Crippen LogP contribution is 2.11. The maximum absolute atomic E-state index is 11.6. The fraction of sp³-hybridized carbons (Fsp3) is 0.333. The molecule has 5 heteroatoms. The molecule has 0 fully saturated rings. The molecule has 2 heterocycles. The number of amides is 1. The third-order valence-electron chi connectivity index (χ3n) is 2.28. The van der Waals surface area contributed by atoms with Crippen LogP contribution in [0.1, 0.15) is 22.0 Å². The molecule has 0 aliphatic heterocycles. The summed E-state index contributed by atoms with van der Waals surface area (Å²) in [6, 6.07) is 4.07. The molecule has 2 rings (SSSR count). The molecular weight excluding hydrogens is 252 g/mol. The molecule has 0 aliphatic carbocycles. The van der Waals surface area contributed by atoms with Crippen LogP contribution in [0.4, 0.5) is 0 Å². The SMILES string of the molecule is Cc1csc(CNC(=O)CCc2cccs2)n1. The molecule has 0 aromatic carbocycles. The van der Waals surface area contributed by atoms with Crippen LogP contribution in [0.3, 0.4) is 0 Å². The van der Waals surface area contributed by atoms with Crippen LogP contribution in [0.5, 0.6) is 0 Å². The second-order valence-corrected chi connectivity index (χ2v) is 5.71. The van der Waals surface area contributed by atoms with E-state index in [2.05, 4.69) is 16.4 Å².